The molecule has 1 aliphatic heterocycles. The van der Waals surface area contributed by atoms with Crippen molar-refractivity contribution in [1.82, 2.24) is 10.3 Å². The Kier molecular flexibility index (Phi) is 3.51. The van der Waals surface area contributed by atoms with Crippen molar-refractivity contribution in [2.45, 2.75) is 12.5 Å². The molecule has 80 valence electrons. The Hall–Kier alpha value is -0.710. The van der Waals surface area contributed by atoms with Crippen LogP contribution < -0.4 is 11.1 Å². The van der Waals surface area contributed by atoms with Gasteiger partial charge in [0, 0.05) is 36.2 Å². The average Bonchev–Trinajstić information content (AvgIpc) is 2.22. The molecule has 1 aromatic heterocycles. The Bertz CT molecular complexity index is 376. The molecule has 0 bridgehead atoms. The predicted molar refractivity (Wildman–Crippen MR) is 64.6 cm³/mol. The van der Waals surface area contributed by atoms with Gasteiger partial charge in [0.1, 0.15) is 0 Å². The van der Waals surface area contributed by atoms with Gasteiger partial charge in [0.05, 0.1) is 5.69 Å². The van der Waals surface area contributed by atoms with Crippen LogP contribution in [0.4, 0.5) is 0 Å². The largest absolute Gasteiger partial charge is 0.323 e. The van der Waals surface area contributed by atoms with Crippen molar-refractivity contribution < 1.29 is 0 Å². The van der Waals surface area contributed by atoms with E-state index in [4.69, 9.17) is 5.73 Å². The summed E-state index contributed by atoms with van der Waals surface area (Å²) in [6, 6.07) is 4.07. The van der Waals surface area contributed by atoms with Gasteiger partial charge in [-0.2, -0.15) is 0 Å². The third-order valence-electron chi connectivity index (χ3n) is 2.41. The molecule has 0 spiro atoms. The summed E-state index contributed by atoms with van der Waals surface area (Å²) in [4.78, 5) is 4.34. The first-order valence-electron chi connectivity index (χ1n) is 5.01. The number of nitrogens with one attached hydrogen (secondary N) is 1. The van der Waals surface area contributed by atoms with Crippen LogP contribution in [0.2, 0.25) is 0 Å². The summed E-state index contributed by atoms with van der Waals surface area (Å²) in [5.41, 5.74) is 8.23. The molecule has 3 N–H and O–H groups in total. The van der Waals surface area contributed by atoms with E-state index in [9.17, 15) is 0 Å². The molecule has 0 radical (unpaired) electrons. The maximum absolute atomic E-state index is 5.85. The minimum atomic E-state index is 0.135. The molecule has 0 amide bonds. The summed E-state index contributed by atoms with van der Waals surface area (Å²) >= 11 is 3.50. The Labute approximate surface area is 97.9 Å². The molecule has 3 nitrogen and oxygen atoms in total. The molecular weight excluding hydrogens is 254 g/mol. The number of nitrogens with two attached hydrogens (primary N) is 1. The molecule has 0 aliphatic carbocycles. The SMILES string of the molecule is NC1C=C(Cc2ncccc2Br)CNC1. The average molecular weight is 268 g/mol. The molecule has 1 unspecified atom stereocenters. The molecule has 2 rings (SSSR count). The van der Waals surface area contributed by atoms with Crippen LogP contribution in [0.1, 0.15) is 5.69 Å². The summed E-state index contributed by atoms with van der Waals surface area (Å²) in [6.07, 6.45) is 4.82. The van der Waals surface area contributed by atoms with Crippen LogP contribution >= 0.6 is 15.9 Å². The summed E-state index contributed by atoms with van der Waals surface area (Å²) in [6.45, 7) is 1.78. The Morgan fingerprint density at radius 3 is 3.20 bits per heavy atom. The Morgan fingerprint density at radius 2 is 2.47 bits per heavy atom. The lowest BCUT2D eigenvalue weighted by Gasteiger charge is -2.19. The van der Waals surface area contributed by atoms with Crippen molar-refractivity contribution in [2.24, 2.45) is 5.73 Å². The maximum atomic E-state index is 5.85. The molecule has 0 fully saturated rings. The molecular formula is C11H14BrN3. The standard InChI is InChI=1S/C11H14BrN3/c12-10-2-1-3-15-11(10)5-8-4-9(13)7-14-6-8/h1-4,9,14H,5-7,13H2. The maximum Gasteiger partial charge on any atom is 0.0586 e. The molecule has 0 saturated heterocycles. The third-order valence-corrected chi connectivity index (χ3v) is 3.13. The van der Waals surface area contributed by atoms with Gasteiger partial charge in [-0.15, -0.1) is 0 Å². The second-order valence-electron chi connectivity index (χ2n) is 3.73. The van der Waals surface area contributed by atoms with E-state index in [0.29, 0.717) is 0 Å². The van der Waals surface area contributed by atoms with Gasteiger partial charge in [-0.25, -0.2) is 0 Å². The van der Waals surface area contributed by atoms with Gasteiger partial charge in [0.25, 0.3) is 0 Å². The van der Waals surface area contributed by atoms with Crippen LogP contribution in [0.5, 0.6) is 0 Å². The quantitative estimate of drug-likeness (QED) is 0.793. The van der Waals surface area contributed by atoms with Crippen LogP contribution in [0.3, 0.4) is 0 Å². The second kappa shape index (κ2) is 4.88. The van der Waals surface area contributed by atoms with Gasteiger partial charge >= 0.3 is 0 Å². The molecule has 1 aromatic rings. The first-order valence-corrected chi connectivity index (χ1v) is 5.80. The Morgan fingerprint density at radius 1 is 1.60 bits per heavy atom. The van der Waals surface area contributed by atoms with Gasteiger partial charge in [0.2, 0.25) is 0 Å². The number of hydrogen-bond acceptors (Lipinski definition) is 3. The van der Waals surface area contributed by atoms with Gasteiger partial charge in [-0.05, 0) is 28.1 Å². The minimum absolute atomic E-state index is 0.135. The minimum Gasteiger partial charge on any atom is -0.323 e. The van der Waals surface area contributed by atoms with E-state index in [2.05, 4.69) is 32.3 Å². The summed E-state index contributed by atoms with van der Waals surface area (Å²) in [7, 11) is 0. The van der Waals surface area contributed by atoms with Crippen LogP contribution in [-0.4, -0.2) is 24.1 Å². The van der Waals surface area contributed by atoms with Gasteiger partial charge < -0.3 is 11.1 Å². The van der Waals surface area contributed by atoms with Crippen molar-refractivity contribution in [3.63, 3.8) is 0 Å². The van der Waals surface area contributed by atoms with Crippen LogP contribution in [0, 0.1) is 0 Å². The molecule has 1 aliphatic rings. The normalized spacial score (nSPS) is 21.2. The van der Waals surface area contributed by atoms with Crippen LogP contribution in [0.15, 0.2) is 34.5 Å². The number of aromatic nitrogens is 1. The van der Waals surface area contributed by atoms with Gasteiger partial charge in [-0.3, -0.25) is 4.98 Å². The lowest BCUT2D eigenvalue weighted by molar-refractivity contribution is 0.625. The highest BCUT2D eigenvalue weighted by molar-refractivity contribution is 9.10. The van der Waals surface area contributed by atoms with Crippen LogP contribution in [-0.2, 0) is 6.42 Å². The summed E-state index contributed by atoms with van der Waals surface area (Å²) < 4.78 is 1.06. The fourth-order valence-corrected chi connectivity index (χ4v) is 2.10. The zero-order valence-electron chi connectivity index (χ0n) is 8.41. The van der Waals surface area contributed by atoms with Crippen molar-refractivity contribution in [2.75, 3.05) is 13.1 Å². The number of rotatable bonds is 2. The van der Waals surface area contributed by atoms with Crippen molar-refractivity contribution in [3.05, 3.63) is 40.1 Å². The predicted octanol–water partition coefficient (Wildman–Crippen LogP) is 1.24. The fraction of sp³-hybridized carbons (Fsp3) is 0.364. The molecule has 4 heteroatoms. The highest BCUT2D eigenvalue weighted by Crippen LogP contribution is 2.17. The van der Waals surface area contributed by atoms with Crippen LogP contribution in [0.25, 0.3) is 0 Å². The van der Waals surface area contributed by atoms with Gasteiger partial charge in [0.15, 0.2) is 0 Å². The molecule has 0 saturated carbocycles. The van der Waals surface area contributed by atoms with E-state index < -0.39 is 0 Å². The van der Waals surface area contributed by atoms with Crippen molar-refractivity contribution in [1.29, 1.82) is 0 Å². The second-order valence-corrected chi connectivity index (χ2v) is 4.58. The lowest BCUT2D eigenvalue weighted by atomic mass is 10.0. The monoisotopic (exact) mass is 267 g/mol. The van der Waals surface area contributed by atoms with E-state index in [1.54, 1.807) is 0 Å². The highest BCUT2D eigenvalue weighted by atomic mass is 79.9. The molecule has 1 atom stereocenters. The zero-order valence-corrected chi connectivity index (χ0v) is 10.00. The van der Waals surface area contributed by atoms with Crippen molar-refractivity contribution >= 4 is 15.9 Å². The van der Waals surface area contributed by atoms with E-state index >= 15 is 0 Å². The van der Waals surface area contributed by atoms with E-state index in [1.165, 1.54) is 5.57 Å². The first kappa shape index (κ1) is 10.8. The number of pyridine rings is 1. The smallest absolute Gasteiger partial charge is 0.0586 e. The van der Waals surface area contributed by atoms with Crippen molar-refractivity contribution in [3.8, 4) is 0 Å². The lowest BCUT2D eigenvalue weighted by Crippen LogP contribution is -2.38. The number of hydrogen-bond donors (Lipinski definition) is 2. The zero-order chi connectivity index (χ0) is 10.7. The first-order chi connectivity index (χ1) is 7.25. The number of halogens is 1. The Balaban J connectivity index is 2.12. The molecule has 0 aromatic carbocycles. The number of nitrogens with zero attached hydrogens (tertiary/aromatic N) is 1. The summed E-state index contributed by atoms with van der Waals surface area (Å²) in [5, 5.41) is 3.29. The topological polar surface area (TPSA) is 50.9 Å². The van der Waals surface area contributed by atoms with E-state index in [-0.39, 0.29) is 6.04 Å². The third kappa shape index (κ3) is 2.87. The fourth-order valence-electron chi connectivity index (χ4n) is 1.70. The van der Waals surface area contributed by atoms with E-state index in [0.717, 1.165) is 29.7 Å². The molecule has 2 heterocycles. The molecule has 15 heavy (non-hydrogen) atoms. The van der Waals surface area contributed by atoms with E-state index in [1.807, 2.05) is 18.3 Å². The highest BCUT2D eigenvalue weighted by Gasteiger charge is 2.11. The summed E-state index contributed by atoms with van der Waals surface area (Å²) in [5.74, 6) is 0. The van der Waals surface area contributed by atoms with Gasteiger partial charge in [-0.1, -0.05) is 11.6 Å².